The summed E-state index contributed by atoms with van der Waals surface area (Å²) in [5, 5.41) is 0. The van der Waals surface area contributed by atoms with Gasteiger partial charge in [0.05, 0.1) is 23.4 Å². The van der Waals surface area contributed by atoms with Crippen LogP contribution in [-0.2, 0) is 11.3 Å². The summed E-state index contributed by atoms with van der Waals surface area (Å²) in [5.74, 6) is 0.748. The number of hydrogen-bond acceptors (Lipinski definition) is 6. The fourth-order valence-corrected chi connectivity index (χ4v) is 3.15. The molecule has 0 N–H and O–H groups in total. The molecule has 132 valence electrons. The molecular weight excluding hydrogens is 332 g/mol. The third-order valence-electron chi connectivity index (χ3n) is 4.55. The Labute approximate surface area is 149 Å². The number of anilines is 1. The van der Waals surface area contributed by atoms with Gasteiger partial charge in [0.1, 0.15) is 12.4 Å². The largest absolute Gasteiger partial charge is 0.352 e. The molecule has 1 aliphatic heterocycles. The van der Waals surface area contributed by atoms with Gasteiger partial charge in [-0.15, -0.1) is 0 Å². The maximum atomic E-state index is 12.7. The first-order chi connectivity index (χ1) is 12.7. The minimum Gasteiger partial charge on any atom is -0.352 e. The van der Waals surface area contributed by atoms with Crippen LogP contribution in [-0.4, -0.2) is 56.5 Å². The molecular formula is C18H18N6O2. The molecule has 2 aromatic heterocycles. The van der Waals surface area contributed by atoms with E-state index in [9.17, 15) is 9.59 Å². The van der Waals surface area contributed by atoms with E-state index in [1.807, 2.05) is 24.3 Å². The predicted molar refractivity (Wildman–Crippen MR) is 96.8 cm³/mol. The maximum absolute atomic E-state index is 12.7. The predicted octanol–water partition coefficient (Wildman–Crippen LogP) is 0.535. The van der Waals surface area contributed by atoms with Gasteiger partial charge in [-0.25, -0.2) is 9.97 Å². The minimum atomic E-state index is -0.268. The lowest BCUT2D eigenvalue weighted by molar-refractivity contribution is -0.132. The average Bonchev–Trinajstić information content (AvgIpc) is 2.71. The number of carbonyl (C=O) groups is 1. The highest BCUT2D eigenvalue weighted by Gasteiger charge is 2.22. The van der Waals surface area contributed by atoms with E-state index in [0.717, 1.165) is 5.82 Å². The van der Waals surface area contributed by atoms with Crippen LogP contribution in [0.3, 0.4) is 0 Å². The Morgan fingerprint density at radius 2 is 1.81 bits per heavy atom. The quantitative estimate of drug-likeness (QED) is 0.685. The lowest BCUT2D eigenvalue weighted by atomic mass is 10.2. The van der Waals surface area contributed by atoms with Crippen LogP contribution in [0, 0.1) is 0 Å². The molecule has 3 aromatic rings. The number of hydrogen-bond donors (Lipinski definition) is 0. The second kappa shape index (κ2) is 6.91. The topological polar surface area (TPSA) is 84.2 Å². The summed E-state index contributed by atoms with van der Waals surface area (Å²) >= 11 is 0. The number of rotatable bonds is 3. The van der Waals surface area contributed by atoms with Gasteiger partial charge in [0.25, 0.3) is 5.56 Å². The summed E-state index contributed by atoms with van der Waals surface area (Å²) in [5.41, 5.74) is 1.11. The van der Waals surface area contributed by atoms with Gasteiger partial charge in [0.2, 0.25) is 5.91 Å². The zero-order chi connectivity index (χ0) is 17.9. The van der Waals surface area contributed by atoms with Crippen LogP contribution in [0.25, 0.3) is 11.0 Å². The van der Waals surface area contributed by atoms with Gasteiger partial charge >= 0.3 is 0 Å². The Hall–Kier alpha value is -3.29. The molecule has 8 nitrogen and oxygen atoms in total. The highest BCUT2D eigenvalue weighted by molar-refractivity contribution is 5.80. The van der Waals surface area contributed by atoms with Crippen molar-refractivity contribution in [2.75, 3.05) is 31.1 Å². The molecule has 26 heavy (non-hydrogen) atoms. The maximum Gasteiger partial charge on any atom is 0.269 e. The number of para-hydroxylation sites is 2. The van der Waals surface area contributed by atoms with Crippen molar-refractivity contribution < 1.29 is 4.79 Å². The van der Waals surface area contributed by atoms with Crippen molar-refractivity contribution in [3.8, 4) is 0 Å². The molecule has 0 bridgehead atoms. The van der Waals surface area contributed by atoms with E-state index in [2.05, 4.69) is 19.9 Å². The summed E-state index contributed by atoms with van der Waals surface area (Å²) in [6, 6.07) is 7.33. The molecule has 4 rings (SSSR count). The van der Waals surface area contributed by atoms with Crippen molar-refractivity contribution in [2.24, 2.45) is 0 Å². The summed E-state index contributed by atoms with van der Waals surface area (Å²) < 4.78 is 1.49. The van der Waals surface area contributed by atoms with Crippen LogP contribution < -0.4 is 10.5 Å². The van der Waals surface area contributed by atoms with Crippen molar-refractivity contribution in [1.82, 2.24) is 24.4 Å². The Balaban J connectivity index is 1.47. The lowest BCUT2D eigenvalue weighted by Gasteiger charge is -2.35. The number of aromatic nitrogens is 4. The standard InChI is InChI=1S/C18H18N6O2/c25-17-12-21-14-3-1-2-4-15(14)24(17)13-18(26)23-9-7-22(8-10-23)16-11-19-5-6-20-16/h1-6,11-12H,7-10,13H2. The molecule has 8 heteroatoms. The average molecular weight is 350 g/mol. The second-order valence-electron chi connectivity index (χ2n) is 6.10. The van der Waals surface area contributed by atoms with E-state index < -0.39 is 0 Å². The summed E-state index contributed by atoms with van der Waals surface area (Å²) in [7, 11) is 0. The summed E-state index contributed by atoms with van der Waals surface area (Å²) in [6.07, 6.45) is 6.29. The van der Waals surface area contributed by atoms with Crippen molar-refractivity contribution in [3.05, 3.63) is 59.4 Å². The van der Waals surface area contributed by atoms with E-state index in [4.69, 9.17) is 0 Å². The van der Waals surface area contributed by atoms with Crippen molar-refractivity contribution in [1.29, 1.82) is 0 Å². The van der Waals surface area contributed by atoms with Crippen LogP contribution in [0.2, 0.25) is 0 Å². The Kier molecular flexibility index (Phi) is 4.30. The molecule has 0 spiro atoms. The van der Waals surface area contributed by atoms with Crippen LogP contribution in [0.5, 0.6) is 0 Å². The number of carbonyl (C=O) groups excluding carboxylic acids is 1. The summed E-state index contributed by atoms with van der Waals surface area (Å²) in [6.45, 7) is 2.58. The molecule has 0 saturated carbocycles. The Bertz CT molecular complexity index is 980. The first-order valence-electron chi connectivity index (χ1n) is 8.46. The van der Waals surface area contributed by atoms with Crippen molar-refractivity contribution >= 4 is 22.8 Å². The smallest absolute Gasteiger partial charge is 0.269 e. The van der Waals surface area contributed by atoms with Crippen LogP contribution in [0.4, 0.5) is 5.82 Å². The van der Waals surface area contributed by atoms with Gasteiger partial charge in [0, 0.05) is 38.6 Å². The molecule has 0 radical (unpaired) electrons. The SMILES string of the molecule is O=C(Cn1c(=O)cnc2ccccc21)N1CCN(c2cnccn2)CC1. The van der Waals surface area contributed by atoms with Gasteiger partial charge < -0.3 is 9.80 Å². The fourth-order valence-electron chi connectivity index (χ4n) is 3.15. The monoisotopic (exact) mass is 350 g/mol. The first kappa shape index (κ1) is 16.2. The molecule has 1 aliphatic rings. The molecule has 0 atom stereocenters. The number of nitrogens with zero attached hydrogens (tertiary/aromatic N) is 6. The zero-order valence-electron chi connectivity index (χ0n) is 14.2. The van der Waals surface area contributed by atoms with E-state index in [1.54, 1.807) is 23.5 Å². The fraction of sp³-hybridized carbons (Fsp3) is 0.278. The molecule has 1 amide bonds. The van der Waals surface area contributed by atoms with Gasteiger partial charge in [-0.1, -0.05) is 12.1 Å². The van der Waals surface area contributed by atoms with E-state index >= 15 is 0 Å². The first-order valence-corrected chi connectivity index (χ1v) is 8.46. The van der Waals surface area contributed by atoms with Gasteiger partial charge in [0.15, 0.2) is 0 Å². The van der Waals surface area contributed by atoms with Gasteiger partial charge in [-0.2, -0.15) is 0 Å². The zero-order valence-corrected chi connectivity index (χ0v) is 14.2. The molecule has 3 heterocycles. The van der Waals surface area contributed by atoms with Gasteiger partial charge in [-0.05, 0) is 12.1 Å². The highest BCUT2D eigenvalue weighted by atomic mass is 16.2. The lowest BCUT2D eigenvalue weighted by Crippen LogP contribution is -2.50. The normalized spacial score (nSPS) is 14.6. The van der Waals surface area contributed by atoms with Crippen LogP contribution in [0.15, 0.2) is 53.8 Å². The minimum absolute atomic E-state index is 0.0208. The third-order valence-corrected chi connectivity index (χ3v) is 4.55. The van der Waals surface area contributed by atoms with E-state index in [-0.39, 0.29) is 18.0 Å². The number of fused-ring (bicyclic) bond motifs is 1. The third kappa shape index (κ3) is 3.13. The Morgan fingerprint density at radius 3 is 2.58 bits per heavy atom. The molecule has 0 unspecified atom stereocenters. The van der Waals surface area contributed by atoms with E-state index in [0.29, 0.717) is 37.2 Å². The number of benzene rings is 1. The second-order valence-corrected chi connectivity index (χ2v) is 6.10. The van der Waals surface area contributed by atoms with Gasteiger partial charge in [-0.3, -0.25) is 19.1 Å². The molecule has 1 saturated heterocycles. The van der Waals surface area contributed by atoms with Crippen molar-refractivity contribution in [3.63, 3.8) is 0 Å². The number of piperazine rings is 1. The summed E-state index contributed by atoms with van der Waals surface area (Å²) in [4.78, 5) is 41.3. The molecule has 1 fully saturated rings. The van der Waals surface area contributed by atoms with Crippen molar-refractivity contribution in [2.45, 2.75) is 6.54 Å². The van der Waals surface area contributed by atoms with Crippen LogP contribution >= 0.6 is 0 Å². The van der Waals surface area contributed by atoms with Crippen LogP contribution in [0.1, 0.15) is 0 Å². The molecule has 0 aliphatic carbocycles. The van der Waals surface area contributed by atoms with E-state index in [1.165, 1.54) is 10.8 Å². The number of amides is 1. The highest BCUT2D eigenvalue weighted by Crippen LogP contribution is 2.13. The Morgan fingerprint density at radius 1 is 1.00 bits per heavy atom. The molecule has 1 aromatic carbocycles.